The molecular formula is C24H19Cl3N3O2+. The summed E-state index contributed by atoms with van der Waals surface area (Å²) in [7, 11) is 0. The Balaban J connectivity index is 1.72. The third-order valence-electron chi connectivity index (χ3n) is 5.19. The van der Waals surface area contributed by atoms with Gasteiger partial charge in [0.25, 0.3) is 5.91 Å². The van der Waals surface area contributed by atoms with Gasteiger partial charge in [0.2, 0.25) is 12.3 Å². The monoisotopic (exact) mass is 486 g/mol. The molecule has 0 aromatic heterocycles. The summed E-state index contributed by atoms with van der Waals surface area (Å²) in [6, 6.07) is 18.0. The van der Waals surface area contributed by atoms with Crippen molar-refractivity contribution in [1.29, 1.82) is 0 Å². The van der Waals surface area contributed by atoms with E-state index in [1.165, 1.54) is 0 Å². The van der Waals surface area contributed by atoms with Gasteiger partial charge >= 0.3 is 5.91 Å². The second kappa shape index (κ2) is 9.33. The smallest absolute Gasteiger partial charge is 0.304 e. The van der Waals surface area contributed by atoms with E-state index in [1.54, 1.807) is 53.4 Å². The first-order valence-corrected chi connectivity index (χ1v) is 11.0. The highest BCUT2D eigenvalue weighted by atomic mass is 35.5. The molecule has 1 heterocycles. The molecule has 3 aromatic rings. The van der Waals surface area contributed by atoms with E-state index in [4.69, 9.17) is 34.8 Å². The number of rotatable bonds is 4. The summed E-state index contributed by atoms with van der Waals surface area (Å²) < 4.78 is 1.64. The molecule has 1 aliphatic rings. The average Bonchev–Trinajstić information content (AvgIpc) is 3.06. The Morgan fingerprint density at radius 2 is 1.62 bits per heavy atom. The Bertz CT molecular complexity index is 1210. The molecule has 0 saturated carbocycles. The molecule has 0 radical (unpaired) electrons. The molecule has 1 saturated heterocycles. The third-order valence-corrected chi connectivity index (χ3v) is 6.00. The normalized spacial score (nSPS) is 19.1. The van der Waals surface area contributed by atoms with Crippen LogP contribution in [0.4, 0.5) is 0 Å². The molecule has 3 aromatic carbocycles. The summed E-state index contributed by atoms with van der Waals surface area (Å²) in [5.74, 6) is -0.678. The number of amides is 2. The molecule has 0 aliphatic carbocycles. The highest BCUT2D eigenvalue weighted by Crippen LogP contribution is 2.28. The maximum Gasteiger partial charge on any atom is 0.304 e. The first kappa shape index (κ1) is 22.3. The Hall–Kier alpha value is -2.86. The first-order valence-electron chi connectivity index (χ1n) is 9.83. The van der Waals surface area contributed by atoms with Gasteiger partial charge in [0.05, 0.1) is 10.6 Å². The van der Waals surface area contributed by atoms with Crippen LogP contribution >= 0.6 is 34.8 Å². The molecule has 2 atom stereocenters. The average molecular weight is 488 g/mol. The van der Waals surface area contributed by atoms with Gasteiger partial charge in [-0.25, -0.2) is 0 Å². The van der Waals surface area contributed by atoms with E-state index in [-0.39, 0.29) is 11.8 Å². The van der Waals surface area contributed by atoms with Gasteiger partial charge in [0.1, 0.15) is 0 Å². The van der Waals surface area contributed by atoms with E-state index in [0.717, 1.165) is 11.1 Å². The summed E-state index contributed by atoms with van der Waals surface area (Å²) in [4.78, 5) is 25.8. The summed E-state index contributed by atoms with van der Waals surface area (Å²) in [5, 5.41) is 4.39. The molecule has 162 valence electrons. The van der Waals surface area contributed by atoms with Crippen LogP contribution in [0, 0.1) is 6.92 Å². The van der Waals surface area contributed by atoms with Gasteiger partial charge in [-0.15, -0.1) is 10.1 Å². The van der Waals surface area contributed by atoms with E-state index in [9.17, 15) is 9.59 Å². The number of hydrogen-bond donors (Lipinski definition) is 2. The minimum Gasteiger partial charge on any atom is -0.334 e. The van der Waals surface area contributed by atoms with Crippen LogP contribution in [0.5, 0.6) is 0 Å². The van der Waals surface area contributed by atoms with Gasteiger partial charge in [-0.05, 0) is 49.4 Å². The van der Waals surface area contributed by atoms with Crippen molar-refractivity contribution in [2.75, 3.05) is 0 Å². The predicted molar refractivity (Wildman–Crippen MR) is 127 cm³/mol. The minimum atomic E-state index is -0.840. The van der Waals surface area contributed by atoms with Gasteiger partial charge in [0, 0.05) is 21.2 Å². The number of nitrogens with one attached hydrogen (secondary N) is 2. The summed E-state index contributed by atoms with van der Waals surface area (Å²) in [5.41, 5.74) is 5.80. The van der Waals surface area contributed by atoms with Crippen molar-refractivity contribution in [2.24, 2.45) is 0 Å². The fourth-order valence-electron chi connectivity index (χ4n) is 3.53. The molecule has 4 rings (SSSR count). The number of nitrogens with zero attached hydrogens (tertiary/aromatic N) is 1. The van der Waals surface area contributed by atoms with Crippen molar-refractivity contribution >= 4 is 52.8 Å². The lowest BCUT2D eigenvalue weighted by Crippen LogP contribution is -2.42. The van der Waals surface area contributed by atoms with E-state index >= 15 is 0 Å². The van der Waals surface area contributed by atoms with Crippen molar-refractivity contribution in [3.05, 3.63) is 104 Å². The number of aryl methyl sites for hydroxylation is 1. The van der Waals surface area contributed by atoms with Crippen LogP contribution < -0.4 is 10.7 Å². The lowest BCUT2D eigenvalue weighted by Gasteiger charge is -2.15. The van der Waals surface area contributed by atoms with Crippen LogP contribution in [0.15, 0.2) is 66.7 Å². The zero-order valence-corrected chi connectivity index (χ0v) is 19.2. The molecule has 0 spiro atoms. The summed E-state index contributed by atoms with van der Waals surface area (Å²) in [6.07, 6.45) is 1.72. The number of hydrogen-bond acceptors (Lipinski definition) is 2. The fourth-order valence-corrected chi connectivity index (χ4v) is 4.11. The van der Waals surface area contributed by atoms with Crippen molar-refractivity contribution in [3.63, 3.8) is 0 Å². The van der Waals surface area contributed by atoms with Crippen LogP contribution in [-0.2, 0) is 4.79 Å². The topological polar surface area (TPSA) is 61.2 Å². The van der Waals surface area contributed by atoms with Crippen molar-refractivity contribution in [2.45, 2.75) is 19.0 Å². The quantitative estimate of drug-likeness (QED) is 0.510. The lowest BCUT2D eigenvalue weighted by molar-refractivity contribution is -0.596. The second-order valence-corrected chi connectivity index (χ2v) is 8.77. The van der Waals surface area contributed by atoms with E-state index in [1.807, 2.05) is 31.2 Å². The zero-order valence-electron chi connectivity index (χ0n) is 17.0. The number of hydrazone groups is 1. The molecule has 0 bridgehead atoms. The number of hydrazine groups is 1. The van der Waals surface area contributed by atoms with Gasteiger partial charge < -0.3 is 5.32 Å². The number of carbonyl (C=O) groups is 2. The van der Waals surface area contributed by atoms with E-state index < -0.39 is 12.1 Å². The molecule has 0 unspecified atom stereocenters. The molecule has 2 amide bonds. The van der Waals surface area contributed by atoms with Gasteiger partial charge in [-0.2, -0.15) is 0 Å². The number of benzene rings is 3. The van der Waals surface area contributed by atoms with Crippen LogP contribution in [-0.4, -0.2) is 28.8 Å². The molecular weight excluding hydrogens is 469 g/mol. The largest absolute Gasteiger partial charge is 0.334 e. The maximum atomic E-state index is 12.9. The molecule has 8 heteroatoms. The van der Waals surface area contributed by atoms with E-state index in [0.29, 0.717) is 26.2 Å². The number of carbonyl (C=O) groups excluding carboxylic acids is 2. The van der Waals surface area contributed by atoms with Crippen LogP contribution in [0.1, 0.15) is 33.1 Å². The fraction of sp³-hybridized carbons (Fsp3) is 0.125. The SMILES string of the molecule is Cc1ccc(C(=O)N[C@H]2C(=O)N/[N+](=C\c3ccc(Cl)cc3Cl)[C@@H]2c2ccc(Cl)cc2)cc1. The van der Waals surface area contributed by atoms with Crippen LogP contribution in [0.25, 0.3) is 0 Å². The molecule has 1 aliphatic heterocycles. The standard InChI is InChI=1S/C24H18Cl3N3O2/c1-14-2-4-16(5-3-14)23(31)28-21-22(15-6-9-18(25)10-7-15)30(29-24(21)32)13-17-8-11-19(26)12-20(17)27/h2-13,21-22H,1H3,(H-,28,29,31,32)/p+1/b30-13-/t21-,22-/m1/s1. The molecule has 2 N–H and O–H groups in total. The molecule has 5 nitrogen and oxygen atoms in total. The minimum absolute atomic E-state index is 0.338. The van der Waals surface area contributed by atoms with Gasteiger partial charge in [0.15, 0.2) is 6.04 Å². The molecule has 1 fully saturated rings. The Kier molecular flexibility index (Phi) is 6.51. The Morgan fingerprint density at radius 1 is 0.969 bits per heavy atom. The highest BCUT2D eigenvalue weighted by Gasteiger charge is 2.47. The maximum absolute atomic E-state index is 12.9. The van der Waals surface area contributed by atoms with E-state index in [2.05, 4.69) is 10.7 Å². The summed E-state index contributed by atoms with van der Waals surface area (Å²) in [6.45, 7) is 1.94. The second-order valence-electron chi connectivity index (χ2n) is 7.49. The van der Waals surface area contributed by atoms with Crippen molar-refractivity contribution < 1.29 is 14.3 Å². The van der Waals surface area contributed by atoms with Gasteiger partial charge in [-0.1, -0.05) is 64.6 Å². The van der Waals surface area contributed by atoms with Crippen LogP contribution in [0.2, 0.25) is 15.1 Å². The van der Waals surface area contributed by atoms with Crippen LogP contribution in [0.3, 0.4) is 0 Å². The Labute approximate surface area is 200 Å². The first-order chi connectivity index (χ1) is 15.3. The lowest BCUT2D eigenvalue weighted by atomic mass is 9.99. The zero-order chi connectivity index (χ0) is 22.8. The highest BCUT2D eigenvalue weighted by molar-refractivity contribution is 6.36. The third kappa shape index (κ3) is 4.80. The Morgan fingerprint density at radius 3 is 2.28 bits per heavy atom. The molecule has 32 heavy (non-hydrogen) atoms. The van der Waals surface area contributed by atoms with Gasteiger partial charge in [-0.3, -0.25) is 9.59 Å². The van der Waals surface area contributed by atoms with Crippen molar-refractivity contribution in [1.82, 2.24) is 10.7 Å². The number of halogens is 3. The van der Waals surface area contributed by atoms with Crippen molar-refractivity contribution in [3.8, 4) is 0 Å². The predicted octanol–water partition coefficient (Wildman–Crippen LogP) is 4.97. The summed E-state index contributed by atoms with van der Waals surface area (Å²) >= 11 is 18.4.